The van der Waals surface area contributed by atoms with Gasteiger partial charge in [0.25, 0.3) is 5.56 Å². The molecule has 0 aliphatic carbocycles. The number of benzene rings is 1. The highest BCUT2D eigenvalue weighted by Crippen LogP contribution is 2.21. The van der Waals surface area contributed by atoms with Gasteiger partial charge in [-0.15, -0.1) is 0 Å². The van der Waals surface area contributed by atoms with Crippen molar-refractivity contribution in [1.82, 2.24) is 14.3 Å². The van der Waals surface area contributed by atoms with Gasteiger partial charge in [0.05, 0.1) is 48.4 Å². The van der Waals surface area contributed by atoms with E-state index in [4.69, 9.17) is 23.5 Å². The summed E-state index contributed by atoms with van der Waals surface area (Å²) in [4.78, 5) is 25.0. The molecule has 2 heterocycles. The van der Waals surface area contributed by atoms with Crippen LogP contribution in [0.4, 0.5) is 0 Å². The van der Waals surface area contributed by atoms with Crippen molar-refractivity contribution in [2.45, 2.75) is 18.2 Å². The summed E-state index contributed by atoms with van der Waals surface area (Å²) in [6, 6.07) is 12.5. The van der Waals surface area contributed by atoms with Crippen LogP contribution in [0.3, 0.4) is 0 Å². The molecular formula is C20H16B3N3O2. The molecule has 0 unspecified atom stereocenters. The normalized spacial score (nSPS) is 11.3. The van der Waals surface area contributed by atoms with Crippen LogP contribution in [0.5, 0.6) is 0 Å². The van der Waals surface area contributed by atoms with Crippen molar-refractivity contribution >= 4 is 35.4 Å². The maximum Gasteiger partial charge on any atom is 0.250 e. The molecule has 3 aromatic rings. The average molecular weight is 363 g/mol. The molecule has 0 bridgehead atoms. The predicted octanol–water partition coefficient (Wildman–Crippen LogP) is 1.23. The molecule has 0 atom stereocenters. The maximum absolute atomic E-state index is 12.9. The van der Waals surface area contributed by atoms with Gasteiger partial charge in [-0.1, -0.05) is 48.1 Å². The van der Waals surface area contributed by atoms with E-state index in [1.54, 1.807) is 18.3 Å². The number of pyridine rings is 1. The van der Waals surface area contributed by atoms with Crippen molar-refractivity contribution in [3.05, 3.63) is 94.2 Å². The van der Waals surface area contributed by atoms with E-state index in [1.165, 1.54) is 21.5 Å². The number of hydrogen-bond acceptors (Lipinski definition) is 3. The van der Waals surface area contributed by atoms with Gasteiger partial charge in [-0.2, -0.15) is 5.10 Å². The number of ketones is 1. The summed E-state index contributed by atoms with van der Waals surface area (Å²) >= 11 is 0. The fourth-order valence-corrected chi connectivity index (χ4v) is 2.96. The monoisotopic (exact) mass is 363 g/mol. The van der Waals surface area contributed by atoms with E-state index in [2.05, 4.69) is 11.7 Å². The Balaban J connectivity index is 1.96. The van der Waals surface area contributed by atoms with Crippen molar-refractivity contribution in [3.63, 3.8) is 0 Å². The number of rotatable bonds is 7. The van der Waals surface area contributed by atoms with Gasteiger partial charge < -0.3 is 4.57 Å². The first-order valence-corrected chi connectivity index (χ1v) is 8.62. The molecule has 0 fully saturated rings. The largest absolute Gasteiger partial charge is 0.307 e. The van der Waals surface area contributed by atoms with E-state index < -0.39 is 5.11 Å². The zero-order chi connectivity index (χ0) is 20.3. The fraction of sp³-hybridized carbons (Fsp3) is 0.150. The summed E-state index contributed by atoms with van der Waals surface area (Å²) in [7, 11) is 17.8. The minimum absolute atomic E-state index is 0.180. The van der Waals surface area contributed by atoms with Crippen molar-refractivity contribution in [3.8, 4) is 0 Å². The van der Waals surface area contributed by atoms with E-state index in [9.17, 15) is 9.59 Å². The zero-order valence-corrected chi connectivity index (χ0v) is 15.3. The van der Waals surface area contributed by atoms with Gasteiger partial charge in [0.2, 0.25) is 0 Å². The van der Waals surface area contributed by atoms with Gasteiger partial charge >= 0.3 is 0 Å². The van der Waals surface area contributed by atoms with Crippen LogP contribution in [0.15, 0.2) is 66.2 Å². The topological polar surface area (TPSA) is 56.9 Å². The number of aromatic nitrogens is 3. The Morgan fingerprint density at radius 2 is 1.86 bits per heavy atom. The summed E-state index contributed by atoms with van der Waals surface area (Å²) in [6.45, 7) is 3.82. The van der Waals surface area contributed by atoms with Gasteiger partial charge in [-0.25, -0.2) is 0 Å². The molecule has 1 aromatic carbocycles. The zero-order valence-electron chi connectivity index (χ0n) is 15.3. The summed E-state index contributed by atoms with van der Waals surface area (Å²) in [5, 5.41) is 2.48. The van der Waals surface area contributed by atoms with Crippen LogP contribution in [0, 0.1) is 0 Å². The van der Waals surface area contributed by atoms with Crippen molar-refractivity contribution in [2.75, 3.05) is 0 Å². The van der Waals surface area contributed by atoms with Gasteiger partial charge in [-0.05, 0) is 17.2 Å². The van der Waals surface area contributed by atoms with Crippen LogP contribution < -0.4 is 5.56 Å². The number of carbonyl (C=O) groups excluding carboxylic acids is 1. The lowest BCUT2D eigenvalue weighted by Crippen LogP contribution is -2.33. The molecule has 132 valence electrons. The number of carbonyl (C=O) groups is 1. The van der Waals surface area contributed by atoms with Gasteiger partial charge in [-0.3, -0.25) is 14.3 Å². The lowest BCUT2D eigenvalue weighted by atomic mass is 9.40. The standard InChI is InChI=1S/C20H16B3N3O2/c1-2-14-8-9-18(28)25(11-14)13-17(27)16-10-24-26(19(16)20(21,22)23)12-15-6-4-3-5-7-15/h2-11H,1,12-13H2. The van der Waals surface area contributed by atoms with Crippen molar-refractivity contribution in [2.24, 2.45) is 0 Å². The third-order valence-corrected chi connectivity index (χ3v) is 4.28. The Bertz CT molecular complexity index is 1070. The summed E-state index contributed by atoms with van der Waals surface area (Å²) in [6.07, 6.45) is 4.53. The molecule has 0 N–H and O–H groups in total. The summed E-state index contributed by atoms with van der Waals surface area (Å²) in [5.74, 6) is -0.372. The van der Waals surface area contributed by atoms with Crippen molar-refractivity contribution < 1.29 is 4.79 Å². The van der Waals surface area contributed by atoms with Crippen LogP contribution in [-0.2, 0) is 18.2 Å². The molecule has 2 aromatic heterocycles. The quantitative estimate of drug-likeness (QED) is 0.469. The number of Topliss-reactive ketones (excluding diaryl/α,β-unsaturated/α-hetero) is 1. The highest BCUT2D eigenvalue weighted by molar-refractivity contribution is 6.59. The highest BCUT2D eigenvalue weighted by Gasteiger charge is 2.26. The van der Waals surface area contributed by atoms with Gasteiger partial charge in [0.1, 0.15) is 0 Å². The smallest absolute Gasteiger partial charge is 0.250 e. The molecule has 28 heavy (non-hydrogen) atoms. The minimum atomic E-state index is -1.77. The lowest BCUT2D eigenvalue weighted by Gasteiger charge is -2.24. The third kappa shape index (κ3) is 4.27. The van der Waals surface area contributed by atoms with Crippen molar-refractivity contribution in [1.29, 1.82) is 0 Å². The van der Waals surface area contributed by atoms with E-state index in [0.29, 0.717) is 6.54 Å². The Morgan fingerprint density at radius 3 is 2.50 bits per heavy atom. The molecule has 0 aliphatic rings. The second-order valence-electron chi connectivity index (χ2n) is 6.54. The molecule has 5 nitrogen and oxygen atoms in total. The Hall–Kier alpha value is -3.02. The molecule has 6 radical (unpaired) electrons. The Morgan fingerprint density at radius 1 is 1.14 bits per heavy atom. The van der Waals surface area contributed by atoms with E-state index in [0.717, 1.165) is 11.1 Å². The van der Waals surface area contributed by atoms with Crippen LogP contribution in [0.25, 0.3) is 6.08 Å². The second kappa shape index (κ2) is 7.93. The molecule has 0 amide bonds. The SMILES string of the molecule is [B]C([B])([B])c1c(C(=O)Cn2cc(C=C)ccc2=O)cnn1Cc1ccccc1. The summed E-state index contributed by atoms with van der Waals surface area (Å²) in [5.41, 5.74) is 1.74. The minimum Gasteiger partial charge on any atom is -0.307 e. The second-order valence-corrected chi connectivity index (χ2v) is 6.54. The lowest BCUT2D eigenvalue weighted by molar-refractivity contribution is 0.0969. The molecular weight excluding hydrogens is 347 g/mol. The first kappa shape index (κ1) is 19.7. The fourth-order valence-electron chi connectivity index (χ4n) is 2.96. The molecule has 3 rings (SSSR count). The van der Waals surface area contributed by atoms with Gasteiger partial charge in [0.15, 0.2) is 5.78 Å². The number of hydrogen-bond donors (Lipinski definition) is 0. The van der Waals surface area contributed by atoms with Crippen LogP contribution in [0.1, 0.15) is 27.2 Å². The predicted molar refractivity (Wildman–Crippen MR) is 112 cm³/mol. The first-order valence-electron chi connectivity index (χ1n) is 8.62. The summed E-state index contributed by atoms with van der Waals surface area (Å²) < 4.78 is 2.80. The van der Waals surface area contributed by atoms with Crippen LogP contribution >= 0.6 is 0 Å². The first-order chi connectivity index (χ1) is 13.3. The maximum atomic E-state index is 12.9. The van der Waals surface area contributed by atoms with Crippen LogP contribution in [0.2, 0.25) is 0 Å². The molecule has 0 saturated heterocycles. The van der Waals surface area contributed by atoms with E-state index in [1.807, 2.05) is 30.3 Å². The van der Waals surface area contributed by atoms with E-state index in [-0.39, 0.29) is 29.1 Å². The van der Waals surface area contributed by atoms with Gasteiger partial charge in [0, 0.05) is 18.0 Å². The number of nitrogens with zero attached hydrogens (tertiary/aromatic N) is 3. The Kier molecular flexibility index (Phi) is 5.59. The van der Waals surface area contributed by atoms with E-state index >= 15 is 0 Å². The Labute approximate surface area is 167 Å². The molecule has 8 heteroatoms. The molecule has 0 saturated carbocycles. The third-order valence-electron chi connectivity index (χ3n) is 4.28. The average Bonchev–Trinajstić information content (AvgIpc) is 3.08. The molecule has 0 aliphatic heterocycles. The highest BCUT2D eigenvalue weighted by atomic mass is 16.1. The molecule has 0 spiro atoms. The van der Waals surface area contributed by atoms with Crippen LogP contribution in [-0.4, -0.2) is 43.7 Å².